The van der Waals surface area contributed by atoms with Crippen LogP contribution in [0.1, 0.15) is 10.4 Å². The Morgan fingerprint density at radius 3 is 2.95 bits per heavy atom. The summed E-state index contributed by atoms with van der Waals surface area (Å²) in [6.45, 7) is 0. The van der Waals surface area contributed by atoms with Crippen LogP contribution in [0.3, 0.4) is 0 Å². The van der Waals surface area contributed by atoms with Crippen molar-refractivity contribution in [1.82, 2.24) is 14.8 Å². The molecule has 0 spiro atoms. The highest BCUT2D eigenvalue weighted by Gasteiger charge is 2.13. The van der Waals surface area contributed by atoms with Gasteiger partial charge < -0.3 is 0 Å². The molecule has 94 valence electrons. The van der Waals surface area contributed by atoms with Crippen molar-refractivity contribution in [2.45, 2.75) is 0 Å². The van der Waals surface area contributed by atoms with Gasteiger partial charge in [0.05, 0.1) is 11.3 Å². The summed E-state index contributed by atoms with van der Waals surface area (Å²) in [6.07, 6.45) is 4.22. The number of thiazole rings is 1. The lowest BCUT2D eigenvalue weighted by molar-refractivity contribution is 0.112. The van der Waals surface area contributed by atoms with Crippen LogP contribution in [0.5, 0.6) is 0 Å². The summed E-state index contributed by atoms with van der Waals surface area (Å²) in [6, 6.07) is 7.73. The molecule has 1 aromatic carbocycles. The first-order valence-electron chi connectivity index (χ1n) is 5.48. The first-order valence-corrected chi connectivity index (χ1v) is 7.16. The quantitative estimate of drug-likeness (QED) is 0.688. The van der Waals surface area contributed by atoms with E-state index in [9.17, 15) is 4.79 Å². The lowest BCUT2D eigenvalue weighted by Gasteiger charge is -2.00. The Morgan fingerprint density at radius 1 is 1.37 bits per heavy atom. The average Bonchev–Trinajstić information content (AvgIpc) is 3.07. The van der Waals surface area contributed by atoms with Gasteiger partial charge >= 0.3 is 0 Å². The highest BCUT2D eigenvalue weighted by molar-refractivity contribution is 9.10. The topological polar surface area (TPSA) is 47.8 Å². The van der Waals surface area contributed by atoms with Gasteiger partial charge in [-0.15, -0.1) is 11.3 Å². The number of carbonyl (C=O) groups is 1. The van der Waals surface area contributed by atoms with Crippen LogP contribution in [0.4, 0.5) is 0 Å². The largest absolute Gasteiger partial charge is 0.298 e. The van der Waals surface area contributed by atoms with Crippen molar-refractivity contribution < 1.29 is 4.79 Å². The van der Waals surface area contributed by atoms with Gasteiger partial charge in [-0.1, -0.05) is 22.0 Å². The van der Waals surface area contributed by atoms with E-state index in [1.54, 1.807) is 17.1 Å². The van der Waals surface area contributed by atoms with Crippen LogP contribution in [0, 0.1) is 0 Å². The molecule has 0 atom stereocenters. The summed E-state index contributed by atoms with van der Waals surface area (Å²) in [5.41, 5.74) is 2.04. The normalized spacial score (nSPS) is 10.6. The highest BCUT2D eigenvalue weighted by Crippen LogP contribution is 2.25. The van der Waals surface area contributed by atoms with Crippen LogP contribution < -0.4 is 0 Å². The third-order valence-electron chi connectivity index (χ3n) is 2.58. The molecule has 0 unspecified atom stereocenters. The molecule has 0 fully saturated rings. The first-order chi connectivity index (χ1) is 9.28. The number of hydrogen-bond acceptors (Lipinski definition) is 4. The molecule has 0 amide bonds. The molecule has 6 heteroatoms. The zero-order valence-electron chi connectivity index (χ0n) is 9.65. The Hall–Kier alpha value is -1.79. The smallest absolute Gasteiger partial charge is 0.153 e. The summed E-state index contributed by atoms with van der Waals surface area (Å²) in [5, 5.41) is 7.06. The molecule has 0 aliphatic rings. The summed E-state index contributed by atoms with van der Waals surface area (Å²) in [7, 11) is 0. The molecule has 0 saturated carbocycles. The third-order valence-corrected chi connectivity index (χ3v) is 3.85. The maximum atomic E-state index is 11.1. The van der Waals surface area contributed by atoms with Gasteiger partial charge in [0.1, 0.15) is 10.7 Å². The van der Waals surface area contributed by atoms with Crippen molar-refractivity contribution in [3.8, 4) is 16.4 Å². The SMILES string of the molecule is O=Cc1cn(-c2cccc(Br)c2)nc1-c1nccs1. The number of hydrogen-bond donors (Lipinski definition) is 0. The Kier molecular flexibility index (Phi) is 3.27. The fourth-order valence-corrected chi connectivity index (χ4v) is 2.76. The minimum Gasteiger partial charge on any atom is -0.298 e. The minimum absolute atomic E-state index is 0.537. The fraction of sp³-hybridized carbons (Fsp3) is 0. The van der Waals surface area contributed by atoms with Gasteiger partial charge in [-0.3, -0.25) is 4.79 Å². The van der Waals surface area contributed by atoms with E-state index in [0.717, 1.165) is 21.5 Å². The molecular formula is C13H8BrN3OS. The van der Waals surface area contributed by atoms with Gasteiger partial charge in [-0.05, 0) is 18.2 Å². The molecule has 19 heavy (non-hydrogen) atoms. The molecule has 2 heterocycles. The van der Waals surface area contributed by atoms with Crippen LogP contribution >= 0.6 is 27.3 Å². The van der Waals surface area contributed by atoms with Gasteiger partial charge in [-0.25, -0.2) is 9.67 Å². The lowest BCUT2D eigenvalue weighted by Crippen LogP contribution is -1.94. The van der Waals surface area contributed by atoms with Crippen LogP contribution in [-0.4, -0.2) is 21.1 Å². The predicted molar refractivity (Wildman–Crippen MR) is 77.8 cm³/mol. The maximum absolute atomic E-state index is 11.1. The number of carbonyl (C=O) groups excluding carboxylic acids is 1. The number of aldehydes is 1. The van der Waals surface area contributed by atoms with Crippen molar-refractivity contribution in [1.29, 1.82) is 0 Å². The molecular weight excluding hydrogens is 326 g/mol. The van der Waals surface area contributed by atoms with E-state index in [-0.39, 0.29) is 0 Å². The van der Waals surface area contributed by atoms with Gasteiger partial charge in [0.15, 0.2) is 6.29 Å². The van der Waals surface area contributed by atoms with Crippen molar-refractivity contribution in [2.75, 3.05) is 0 Å². The molecule has 0 N–H and O–H groups in total. The molecule has 4 nitrogen and oxygen atoms in total. The maximum Gasteiger partial charge on any atom is 0.153 e. The van der Waals surface area contributed by atoms with Crippen LogP contribution in [0.15, 0.2) is 46.5 Å². The summed E-state index contributed by atoms with van der Waals surface area (Å²) < 4.78 is 2.65. The summed E-state index contributed by atoms with van der Waals surface area (Å²) in [4.78, 5) is 15.3. The molecule has 0 bridgehead atoms. The molecule has 0 saturated heterocycles. The molecule has 3 rings (SSSR count). The second-order valence-electron chi connectivity index (χ2n) is 3.81. The third kappa shape index (κ3) is 2.36. The Balaban J connectivity index is 2.12. The van der Waals surface area contributed by atoms with E-state index in [1.807, 2.05) is 29.6 Å². The average molecular weight is 334 g/mol. The van der Waals surface area contributed by atoms with Gasteiger partial charge in [0.25, 0.3) is 0 Å². The van der Waals surface area contributed by atoms with Crippen molar-refractivity contribution in [3.05, 3.63) is 52.1 Å². The number of nitrogens with zero attached hydrogens (tertiary/aromatic N) is 3. The lowest BCUT2D eigenvalue weighted by atomic mass is 10.3. The van der Waals surface area contributed by atoms with Gasteiger partial charge in [-0.2, -0.15) is 5.10 Å². The predicted octanol–water partition coefficient (Wildman–Crippen LogP) is 3.57. The molecule has 0 aliphatic heterocycles. The molecule has 0 aliphatic carbocycles. The molecule has 0 radical (unpaired) electrons. The minimum atomic E-state index is 0.537. The van der Waals surface area contributed by atoms with E-state index >= 15 is 0 Å². The van der Waals surface area contributed by atoms with Crippen LogP contribution in [0.25, 0.3) is 16.4 Å². The Labute approximate surface area is 121 Å². The Morgan fingerprint density at radius 2 is 2.26 bits per heavy atom. The molecule has 3 aromatic rings. The van der Waals surface area contributed by atoms with E-state index in [0.29, 0.717) is 11.3 Å². The summed E-state index contributed by atoms with van der Waals surface area (Å²) >= 11 is 4.88. The first kappa shape index (κ1) is 12.3. The van der Waals surface area contributed by atoms with Crippen molar-refractivity contribution >= 4 is 33.6 Å². The highest BCUT2D eigenvalue weighted by atomic mass is 79.9. The zero-order valence-corrected chi connectivity index (χ0v) is 12.1. The van der Waals surface area contributed by atoms with Gasteiger partial charge in [0, 0.05) is 22.2 Å². The second-order valence-corrected chi connectivity index (χ2v) is 5.62. The second kappa shape index (κ2) is 5.07. The van der Waals surface area contributed by atoms with E-state index in [1.165, 1.54) is 11.3 Å². The fourth-order valence-electron chi connectivity index (χ4n) is 1.73. The standard InChI is InChI=1S/C13H8BrN3OS/c14-10-2-1-3-11(6-10)17-7-9(8-18)12(16-17)13-15-4-5-19-13/h1-8H. The van der Waals surface area contributed by atoms with Crippen molar-refractivity contribution in [3.63, 3.8) is 0 Å². The van der Waals surface area contributed by atoms with Crippen LogP contribution in [0.2, 0.25) is 0 Å². The number of aromatic nitrogens is 3. The van der Waals surface area contributed by atoms with Crippen molar-refractivity contribution in [2.24, 2.45) is 0 Å². The van der Waals surface area contributed by atoms with Crippen LogP contribution in [-0.2, 0) is 0 Å². The van der Waals surface area contributed by atoms with E-state index in [4.69, 9.17) is 0 Å². The monoisotopic (exact) mass is 333 g/mol. The number of benzene rings is 1. The van der Waals surface area contributed by atoms with Gasteiger partial charge in [0.2, 0.25) is 0 Å². The summed E-state index contributed by atoms with van der Waals surface area (Å²) in [5.74, 6) is 0. The Bertz CT molecular complexity index is 721. The number of rotatable bonds is 3. The van der Waals surface area contributed by atoms with E-state index < -0.39 is 0 Å². The molecule has 2 aromatic heterocycles. The zero-order chi connectivity index (χ0) is 13.2. The van der Waals surface area contributed by atoms with E-state index in [2.05, 4.69) is 26.0 Å². The number of halogens is 1.